The molecule has 0 unspecified atom stereocenters. The predicted molar refractivity (Wildman–Crippen MR) is 91.2 cm³/mol. The standard InChI is InChI=1S/C18H21N5O/c1-2-23-18(19-12-20-23)17(14-7-8-14)21-16(24)11-22-10-9-13-5-3-4-6-15(13)22/h3-6,9-10,12,14,17H,2,7-8,11H2,1H3,(H,21,24)/t17-/m1/s1. The first-order valence-electron chi connectivity index (χ1n) is 8.47. The Bertz CT molecular complexity index is 861. The fourth-order valence-corrected chi connectivity index (χ4v) is 3.23. The van der Waals surface area contributed by atoms with Crippen molar-refractivity contribution in [3.8, 4) is 0 Å². The van der Waals surface area contributed by atoms with Gasteiger partial charge in [-0.05, 0) is 43.2 Å². The van der Waals surface area contributed by atoms with E-state index in [1.807, 2.05) is 46.6 Å². The van der Waals surface area contributed by atoms with Gasteiger partial charge in [-0.2, -0.15) is 5.10 Å². The van der Waals surface area contributed by atoms with E-state index in [9.17, 15) is 4.79 Å². The summed E-state index contributed by atoms with van der Waals surface area (Å²) in [6.45, 7) is 3.11. The number of amides is 1. The molecule has 4 rings (SSSR count). The molecule has 1 aromatic carbocycles. The van der Waals surface area contributed by atoms with Gasteiger partial charge in [-0.15, -0.1) is 0 Å². The summed E-state index contributed by atoms with van der Waals surface area (Å²) in [6.07, 6.45) is 5.80. The van der Waals surface area contributed by atoms with Crippen LogP contribution in [0.2, 0.25) is 0 Å². The minimum atomic E-state index is -0.0400. The van der Waals surface area contributed by atoms with Crippen molar-refractivity contribution in [1.82, 2.24) is 24.6 Å². The van der Waals surface area contributed by atoms with Crippen LogP contribution in [-0.4, -0.2) is 25.2 Å². The zero-order valence-corrected chi connectivity index (χ0v) is 13.7. The van der Waals surface area contributed by atoms with Gasteiger partial charge in [-0.3, -0.25) is 4.79 Å². The molecule has 1 saturated carbocycles. The van der Waals surface area contributed by atoms with Crippen molar-refractivity contribution >= 4 is 16.8 Å². The molecule has 1 amide bonds. The molecule has 6 nitrogen and oxygen atoms in total. The molecule has 0 radical (unpaired) electrons. The maximum Gasteiger partial charge on any atom is 0.240 e. The first-order valence-corrected chi connectivity index (χ1v) is 8.47. The van der Waals surface area contributed by atoms with Crippen LogP contribution in [-0.2, 0) is 17.9 Å². The first-order chi connectivity index (χ1) is 11.8. The lowest BCUT2D eigenvalue weighted by molar-refractivity contribution is -0.122. The summed E-state index contributed by atoms with van der Waals surface area (Å²) < 4.78 is 3.85. The van der Waals surface area contributed by atoms with Crippen LogP contribution in [0.4, 0.5) is 0 Å². The number of carbonyl (C=O) groups excluding carboxylic acids is 1. The van der Waals surface area contributed by atoms with Gasteiger partial charge in [-0.25, -0.2) is 9.67 Å². The minimum Gasteiger partial charge on any atom is -0.344 e. The summed E-state index contributed by atoms with van der Waals surface area (Å²) in [5, 5.41) is 8.56. The lowest BCUT2D eigenvalue weighted by Gasteiger charge is -2.18. The topological polar surface area (TPSA) is 64.7 Å². The normalized spacial score (nSPS) is 15.5. The number of fused-ring (bicyclic) bond motifs is 1. The molecule has 24 heavy (non-hydrogen) atoms. The Labute approximate surface area is 140 Å². The molecule has 1 aliphatic carbocycles. The summed E-state index contributed by atoms with van der Waals surface area (Å²) >= 11 is 0. The van der Waals surface area contributed by atoms with Crippen LogP contribution in [0.5, 0.6) is 0 Å². The lowest BCUT2D eigenvalue weighted by Crippen LogP contribution is -2.34. The molecular formula is C18H21N5O. The van der Waals surface area contributed by atoms with Gasteiger partial charge in [0.2, 0.25) is 5.91 Å². The lowest BCUT2D eigenvalue weighted by atomic mass is 10.1. The van der Waals surface area contributed by atoms with Crippen LogP contribution in [0.1, 0.15) is 31.6 Å². The second-order valence-electron chi connectivity index (χ2n) is 6.32. The predicted octanol–water partition coefficient (Wildman–Crippen LogP) is 2.52. The highest BCUT2D eigenvalue weighted by atomic mass is 16.2. The summed E-state index contributed by atoms with van der Waals surface area (Å²) in [4.78, 5) is 17.0. The smallest absolute Gasteiger partial charge is 0.240 e. The monoisotopic (exact) mass is 323 g/mol. The fourth-order valence-electron chi connectivity index (χ4n) is 3.23. The average Bonchev–Trinajstić information content (AvgIpc) is 3.19. The van der Waals surface area contributed by atoms with E-state index in [2.05, 4.69) is 21.5 Å². The molecular weight excluding hydrogens is 302 g/mol. The highest BCUT2D eigenvalue weighted by Gasteiger charge is 2.36. The largest absolute Gasteiger partial charge is 0.344 e. The molecule has 1 N–H and O–H groups in total. The fraction of sp³-hybridized carbons (Fsp3) is 0.389. The SMILES string of the molecule is CCn1ncnc1[C@H](NC(=O)Cn1ccc2ccccc21)C1CC1. The van der Waals surface area contributed by atoms with Crippen molar-refractivity contribution in [3.63, 3.8) is 0 Å². The van der Waals surface area contributed by atoms with Gasteiger partial charge in [0, 0.05) is 18.3 Å². The van der Waals surface area contributed by atoms with Gasteiger partial charge in [0.05, 0.1) is 6.04 Å². The Morgan fingerprint density at radius 2 is 2.17 bits per heavy atom. The number of hydrogen-bond acceptors (Lipinski definition) is 3. The Hall–Kier alpha value is -2.63. The van der Waals surface area contributed by atoms with Crippen molar-refractivity contribution in [1.29, 1.82) is 0 Å². The van der Waals surface area contributed by atoms with Gasteiger partial charge >= 0.3 is 0 Å². The van der Waals surface area contributed by atoms with E-state index < -0.39 is 0 Å². The van der Waals surface area contributed by atoms with Crippen molar-refractivity contribution in [2.75, 3.05) is 0 Å². The third-order valence-electron chi connectivity index (χ3n) is 4.63. The summed E-state index contributed by atoms with van der Waals surface area (Å²) in [5.74, 6) is 1.36. The number of nitrogens with one attached hydrogen (secondary N) is 1. The van der Waals surface area contributed by atoms with Crippen molar-refractivity contribution in [2.24, 2.45) is 5.92 Å². The highest BCUT2D eigenvalue weighted by molar-refractivity contribution is 5.83. The van der Waals surface area contributed by atoms with Crippen LogP contribution in [0.25, 0.3) is 10.9 Å². The first kappa shape index (κ1) is 14.9. The van der Waals surface area contributed by atoms with Gasteiger partial charge in [0.1, 0.15) is 18.7 Å². The molecule has 1 atom stereocenters. The molecule has 0 saturated heterocycles. The number of benzene rings is 1. The van der Waals surface area contributed by atoms with E-state index in [-0.39, 0.29) is 11.9 Å². The van der Waals surface area contributed by atoms with Gasteiger partial charge in [-0.1, -0.05) is 18.2 Å². The van der Waals surface area contributed by atoms with E-state index in [1.54, 1.807) is 6.33 Å². The van der Waals surface area contributed by atoms with Crippen molar-refractivity contribution < 1.29 is 4.79 Å². The van der Waals surface area contributed by atoms with Gasteiger partial charge in [0.15, 0.2) is 0 Å². The molecule has 1 fully saturated rings. The molecule has 124 valence electrons. The number of para-hydroxylation sites is 1. The minimum absolute atomic E-state index is 0.0129. The number of carbonyl (C=O) groups is 1. The molecule has 1 aliphatic rings. The maximum absolute atomic E-state index is 12.6. The van der Waals surface area contributed by atoms with E-state index in [1.165, 1.54) is 0 Å². The van der Waals surface area contributed by atoms with Crippen LogP contribution in [0.15, 0.2) is 42.9 Å². The van der Waals surface area contributed by atoms with Crippen LogP contribution in [0.3, 0.4) is 0 Å². The molecule has 2 aromatic heterocycles. The number of aryl methyl sites for hydroxylation is 1. The maximum atomic E-state index is 12.6. The Kier molecular flexibility index (Phi) is 3.80. The molecule has 0 spiro atoms. The molecule has 6 heteroatoms. The van der Waals surface area contributed by atoms with Gasteiger partial charge in [0.25, 0.3) is 0 Å². The number of aromatic nitrogens is 4. The second kappa shape index (κ2) is 6.11. The van der Waals surface area contributed by atoms with E-state index in [0.29, 0.717) is 12.5 Å². The van der Waals surface area contributed by atoms with Crippen LogP contribution < -0.4 is 5.32 Å². The second-order valence-corrected chi connectivity index (χ2v) is 6.32. The van der Waals surface area contributed by atoms with Gasteiger partial charge < -0.3 is 9.88 Å². The van der Waals surface area contributed by atoms with Crippen molar-refractivity contribution in [3.05, 3.63) is 48.7 Å². The molecule has 0 aliphatic heterocycles. The van der Waals surface area contributed by atoms with Crippen molar-refractivity contribution in [2.45, 2.75) is 38.9 Å². The molecule has 0 bridgehead atoms. The third kappa shape index (κ3) is 2.79. The van der Waals surface area contributed by atoms with Crippen LogP contribution >= 0.6 is 0 Å². The van der Waals surface area contributed by atoms with E-state index in [4.69, 9.17) is 0 Å². The Morgan fingerprint density at radius 3 is 2.96 bits per heavy atom. The zero-order valence-electron chi connectivity index (χ0n) is 13.7. The summed E-state index contributed by atoms with van der Waals surface area (Å²) in [7, 11) is 0. The highest BCUT2D eigenvalue weighted by Crippen LogP contribution is 2.40. The number of hydrogen-bond donors (Lipinski definition) is 1. The quantitative estimate of drug-likeness (QED) is 0.758. The average molecular weight is 323 g/mol. The van der Waals surface area contributed by atoms with E-state index in [0.717, 1.165) is 36.1 Å². The Morgan fingerprint density at radius 1 is 1.33 bits per heavy atom. The molecule has 2 heterocycles. The van der Waals surface area contributed by atoms with E-state index >= 15 is 0 Å². The third-order valence-corrected chi connectivity index (χ3v) is 4.63. The zero-order chi connectivity index (χ0) is 16.5. The summed E-state index contributed by atoms with van der Waals surface area (Å²) in [6, 6.07) is 10.1. The summed E-state index contributed by atoms with van der Waals surface area (Å²) in [5.41, 5.74) is 1.08. The Balaban J connectivity index is 1.52. The van der Waals surface area contributed by atoms with Crippen LogP contribution in [0, 0.1) is 5.92 Å². The number of nitrogens with zero attached hydrogens (tertiary/aromatic N) is 4. The number of rotatable bonds is 6. The molecule has 3 aromatic rings.